The molecule has 1 fully saturated rings. The maximum Gasteiger partial charge on any atom is 0.140 e. The molecule has 2 atom stereocenters. The lowest BCUT2D eigenvalue weighted by Gasteiger charge is -2.30. The van der Waals surface area contributed by atoms with Crippen LogP contribution in [0.3, 0.4) is 0 Å². The van der Waals surface area contributed by atoms with Crippen molar-refractivity contribution in [1.29, 1.82) is 0 Å². The number of ketones is 1. The Kier molecular flexibility index (Phi) is 4.59. The summed E-state index contributed by atoms with van der Waals surface area (Å²) in [6.07, 6.45) is 2.22. The highest BCUT2D eigenvalue weighted by molar-refractivity contribution is 5.87. The Morgan fingerprint density at radius 2 is 1.24 bits per heavy atom. The van der Waals surface area contributed by atoms with Gasteiger partial charge >= 0.3 is 0 Å². The van der Waals surface area contributed by atoms with Crippen LogP contribution in [0, 0.1) is 27.7 Å². The van der Waals surface area contributed by atoms with Crippen molar-refractivity contribution in [2.75, 3.05) is 0 Å². The van der Waals surface area contributed by atoms with Crippen molar-refractivity contribution in [2.45, 2.75) is 58.8 Å². The van der Waals surface area contributed by atoms with Gasteiger partial charge in [0.15, 0.2) is 0 Å². The van der Waals surface area contributed by atoms with Crippen LogP contribution in [-0.2, 0) is 4.79 Å². The molecular weight excluding hydrogens is 312 g/mol. The van der Waals surface area contributed by atoms with Crippen molar-refractivity contribution in [2.24, 2.45) is 0 Å². The minimum Gasteiger partial charge on any atom is -0.507 e. The fourth-order valence-corrected chi connectivity index (χ4v) is 4.06. The molecule has 25 heavy (non-hydrogen) atoms. The average molecular weight is 338 g/mol. The summed E-state index contributed by atoms with van der Waals surface area (Å²) in [5, 5.41) is 20.0. The third-order valence-electron chi connectivity index (χ3n) is 5.55. The van der Waals surface area contributed by atoms with E-state index in [2.05, 4.69) is 0 Å². The standard InChI is InChI=1S/C22H26O3/c1-12-7-17(8-13(2)21(12)24)16-5-6-20(23)19(11-16)18-9-14(3)22(25)15(4)10-18/h7-10,16,19,24-25H,5-6,11H2,1-4H3. The van der Waals surface area contributed by atoms with E-state index in [4.69, 9.17) is 0 Å². The number of hydrogen-bond acceptors (Lipinski definition) is 3. The summed E-state index contributed by atoms with van der Waals surface area (Å²) in [4.78, 5) is 12.6. The molecule has 132 valence electrons. The number of benzene rings is 2. The number of carbonyl (C=O) groups is 1. The SMILES string of the molecule is Cc1cc(C2CCC(=O)C(c3cc(C)c(O)c(C)c3)C2)cc(C)c1O. The molecule has 0 aromatic heterocycles. The summed E-state index contributed by atoms with van der Waals surface area (Å²) < 4.78 is 0. The number of phenolic OH excluding ortho intramolecular Hbond substituents is 2. The van der Waals surface area contributed by atoms with Crippen LogP contribution in [0.2, 0.25) is 0 Å². The number of aromatic hydroxyl groups is 2. The molecule has 3 nitrogen and oxygen atoms in total. The van der Waals surface area contributed by atoms with Gasteiger partial charge in [0, 0.05) is 12.3 Å². The van der Waals surface area contributed by atoms with Crippen LogP contribution in [0.25, 0.3) is 0 Å². The topological polar surface area (TPSA) is 57.5 Å². The molecule has 0 aliphatic heterocycles. The van der Waals surface area contributed by atoms with E-state index in [-0.39, 0.29) is 11.7 Å². The van der Waals surface area contributed by atoms with Crippen molar-refractivity contribution in [3.8, 4) is 11.5 Å². The van der Waals surface area contributed by atoms with Gasteiger partial charge in [0.1, 0.15) is 17.3 Å². The molecular formula is C22H26O3. The molecule has 1 saturated carbocycles. The normalized spacial score (nSPS) is 20.7. The molecule has 2 aromatic rings. The molecule has 1 aliphatic rings. The molecule has 0 spiro atoms. The smallest absolute Gasteiger partial charge is 0.140 e. The van der Waals surface area contributed by atoms with Gasteiger partial charge in [0.2, 0.25) is 0 Å². The Hall–Kier alpha value is -2.29. The molecule has 2 unspecified atom stereocenters. The van der Waals surface area contributed by atoms with Gasteiger partial charge in [-0.05, 0) is 79.8 Å². The Balaban J connectivity index is 1.94. The summed E-state index contributed by atoms with van der Waals surface area (Å²) in [6, 6.07) is 7.99. The van der Waals surface area contributed by atoms with E-state index in [0.717, 1.165) is 40.7 Å². The molecule has 3 heteroatoms. The molecule has 1 aliphatic carbocycles. The van der Waals surface area contributed by atoms with Crippen LogP contribution in [-0.4, -0.2) is 16.0 Å². The molecule has 0 saturated heterocycles. The first kappa shape index (κ1) is 17.5. The van der Waals surface area contributed by atoms with Crippen molar-refractivity contribution in [1.82, 2.24) is 0 Å². The van der Waals surface area contributed by atoms with Crippen LogP contribution in [0.1, 0.15) is 64.5 Å². The lowest BCUT2D eigenvalue weighted by atomic mass is 9.73. The first-order chi connectivity index (χ1) is 11.8. The predicted octanol–water partition coefficient (Wildman–Crippen LogP) is 4.95. The molecule has 0 bridgehead atoms. The zero-order valence-electron chi connectivity index (χ0n) is 15.4. The minimum atomic E-state index is -0.119. The van der Waals surface area contributed by atoms with Crippen molar-refractivity contribution in [3.63, 3.8) is 0 Å². The summed E-state index contributed by atoms with van der Waals surface area (Å²) >= 11 is 0. The zero-order chi connectivity index (χ0) is 18.3. The van der Waals surface area contributed by atoms with E-state index in [1.165, 1.54) is 5.56 Å². The zero-order valence-corrected chi connectivity index (χ0v) is 15.4. The second-order valence-electron chi connectivity index (χ2n) is 7.50. The molecule has 2 N–H and O–H groups in total. The van der Waals surface area contributed by atoms with Gasteiger partial charge in [0.25, 0.3) is 0 Å². The van der Waals surface area contributed by atoms with Gasteiger partial charge < -0.3 is 10.2 Å². The summed E-state index contributed by atoms with van der Waals surface area (Å²) in [5.74, 6) is 1.15. The Bertz CT molecular complexity index is 789. The van der Waals surface area contributed by atoms with Crippen LogP contribution in [0.5, 0.6) is 11.5 Å². The van der Waals surface area contributed by atoms with Crippen molar-refractivity contribution in [3.05, 3.63) is 57.6 Å². The van der Waals surface area contributed by atoms with Crippen LogP contribution in [0.15, 0.2) is 24.3 Å². The fourth-order valence-electron chi connectivity index (χ4n) is 4.06. The minimum absolute atomic E-state index is 0.119. The first-order valence-corrected chi connectivity index (χ1v) is 8.91. The number of carbonyl (C=O) groups excluding carboxylic acids is 1. The van der Waals surface area contributed by atoms with Crippen LogP contribution >= 0.6 is 0 Å². The molecule has 3 rings (SSSR count). The van der Waals surface area contributed by atoms with Gasteiger partial charge in [-0.1, -0.05) is 24.3 Å². The van der Waals surface area contributed by atoms with E-state index in [1.807, 2.05) is 52.0 Å². The van der Waals surface area contributed by atoms with Crippen LogP contribution < -0.4 is 0 Å². The number of Topliss-reactive ketones (excluding diaryl/α,β-unsaturated/α-hetero) is 1. The quantitative estimate of drug-likeness (QED) is 0.814. The van der Waals surface area contributed by atoms with E-state index >= 15 is 0 Å². The fraction of sp³-hybridized carbons (Fsp3) is 0.409. The predicted molar refractivity (Wildman–Crippen MR) is 99.5 cm³/mol. The van der Waals surface area contributed by atoms with Crippen molar-refractivity contribution < 1.29 is 15.0 Å². The van der Waals surface area contributed by atoms with E-state index < -0.39 is 0 Å². The monoisotopic (exact) mass is 338 g/mol. The highest BCUT2D eigenvalue weighted by Gasteiger charge is 2.31. The van der Waals surface area contributed by atoms with Gasteiger partial charge in [-0.15, -0.1) is 0 Å². The average Bonchev–Trinajstić information content (AvgIpc) is 2.57. The maximum atomic E-state index is 12.6. The largest absolute Gasteiger partial charge is 0.507 e. The van der Waals surface area contributed by atoms with E-state index in [1.54, 1.807) is 0 Å². The number of rotatable bonds is 2. The summed E-state index contributed by atoms with van der Waals surface area (Å²) in [7, 11) is 0. The number of hydrogen-bond donors (Lipinski definition) is 2. The Labute approximate surface area is 149 Å². The van der Waals surface area contributed by atoms with Gasteiger partial charge in [-0.3, -0.25) is 4.79 Å². The highest BCUT2D eigenvalue weighted by atomic mass is 16.3. The van der Waals surface area contributed by atoms with Gasteiger partial charge in [-0.2, -0.15) is 0 Å². The summed E-state index contributed by atoms with van der Waals surface area (Å²) in [5.41, 5.74) is 5.63. The van der Waals surface area contributed by atoms with Gasteiger partial charge in [0.05, 0.1) is 0 Å². The summed E-state index contributed by atoms with van der Waals surface area (Å²) in [6.45, 7) is 7.60. The Morgan fingerprint density at radius 1 is 0.800 bits per heavy atom. The molecule has 0 heterocycles. The lowest BCUT2D eigenvalue weighted by Crippen LogP contribution is -2.22. The lowest BCUT2D eigenvalue weighted by molar-refractivity contribution is -0.122. The molecule has 0 amide bonds. The molecule has 2 aromatic carbocycles. The second-order valence-corrected chi connectivity index (χ2v) is 7.50. The third-order valence-corrected chi connectivity index (χ3v) is 5.55. The van der Waals surface area contributed by atoms with E-state index in [9.17, 15) is 15.0 Å². The second kappa shape index (κ2) is 6.55. The number of aryl methyl sites for hydroxylation is 4. The molecule has 0 radical (unpaired) electrons. The van der Waals surface area contributed by atoms with Crippen molar-refractivity contribution >= 4 is 5.78 Å². The Morgan fingerprint density at radius 3 is 1.72 bits per heavy atom. The van der Waals surface area contributed by atoms with Gasteiger partial charge in [-0.25, -0.2) is 0 Å². The first-order valence-electron chi connectivity index (χ1n) is 8.91. The third kappa shape index (κ3) is 3.28. The maximum absolute atomic E-state index is 12.6. The number of phenols is 2. The van der Waals surface area contributed by atoms with E-state index in [0.29, 0.717) is 23.8 Å². The highest BCUT2D eigenvalue weighted by Crippen LogP contribution is 2.42. The van der Waals surface area contributed by atoms with Crippen LogP contribution in [0.4, 0.5) is 0 Å².